The van der Waals surface area contributed by atoms with Gasteiger partial charge in [-0.2, -0.15) is 0 Å². The molecule has 4 aromatic carbocycles. The summed E-state index contributed by atoms with van der Waals surface area (Å²) >= 11 is 5.36. The minimum atomic E-state index is -1.99. The maximum atomic E-state index is 13.2. The van der Waals surface area contributed by atoms with Crippen molar-refractivity contribution in [1.82, 2.24) is 9.62 Å². The summed E-state index contributed by atoms with van der Waals surface area (Å²) in [5.74, 6) is 0.696. The van der Waals surface area contributed by atoms with Gasteiger partial charge in [-0.15, -0.1) is 11.8 Å². The van der Waals surface area contributed by atoms with Crippen LogP contribution in [0.2, 0.25) is 0 Å². The van der Waals surface area contributed by atoms with Crippen molar-refractivity contribution < 1.29 is 13.9 Å². The molecule has 1 fully saturated rings. The van der Waals surface area contributed by atoms with Crippen LogP contribution >= 0.6 is 27.7 Å². The zero-order valence-electron chi connectivity index (χ0n) is 27.0. The minimum Gasteiger partial charge on any atom is -0.376 e. The number of rotatable bonds is 14. The van der Waals surface area contributed by atoms with Gasteiger partial charge in [0, 0.05) is 51.6 Å². The number of halogens is 1. The molecule has 0 radical (unpaired) electrons. The predicted octanol–water partition coefficient (Wildman–Crippen LogP) is 7.72. The first kappa shape index (κ1) is 35.6. The Balaban J connectivity index is 1.20. The zero-order chi connectivity index (χ0) is 34.0. The van der Waals surface area contributed by atoms with E-state index in [2.05, 4.69) is 54.0 Å². The van der Waals surface area contributed by atoms with Crippen LogP contribution in [0.3, 0.4) is 0 Å². The second kappa shape index (κ2) is 17.1. The fourth-order valence-corrected chi connectivity index (χ4v) is 8.14. The van der Waals surface area contributed by atoms with E-state index in [9.17, 15) is 19.1 Å². The Kier molecular flexibility index (Phi) is 12.7. The molecule has 2 unspecified atom stereocenters. The number of hydrogen-bond acceptors (Lipinski definition) is 8. The molecule has 0 aromatic heterocycles. The number of thioether (sulfide) groups is 1. The van der Waals surface area contributed by atoms with Gasteiger partial charge in [0.2, 0.25) is 0 Å². The Hall–Kier alpha value is -3.71. The first-order valence-electron chi connectivity index (χ1n) is 15.9. The SMILES string of the molecule is CN(C)CCC(CSc1ccccc1)Nc1ccc(S(=O)NC(=O)c2ccc(N3CCC(c4ccccc4Br)CC3)cc2)cc1[N+](=O)[O-]. The van der Waals surface area contributed by atoms with Gasteiger partial charge in [-0.25, -0.2) is 4.21 Å². The molecule has 0 spiro atoms. The van der Waals surface area contributed by atoms with E-state index in [1.807, 2.05) is 62.6 Å². The number of nitrogens with one attached hydrogen (secondary N) is 2. The van der Waals surface area contributed by atoms with Crippen molar-refractivity contribution in [3.8, 4) is 0 Å². The molecule has 0 bridgehead atoms. The number of anilines is 2. The van der Waals surface area contributed by atoms with Crippen LogP contribution in [0.25, 0.3) is 0 Å². The van der Waals surface area contributed by atoms with E-state index in [-0.39, 0.29) is 16.6 Å². The number of carbonyl (C=O) groups is 1. The minimum absolute atomic E-state index is 0.0484. The van der Waals surface area contributed by atoms with Gasteiger partial charge in [0.05, 0.1) is 9.82 Å². The van der Waals surface area contributed by atoms with Crippen LogP contribution in [0.1, 0.15) is 41.1 Å². The number of nitrogens with zero attached hydrogens (tertiary/aromatic N) is 3. The Bertz CT molecular complexity index is 1720. The summed E-state index contributed by atoms with van der Waals surface area (Å²) in [4.78, 5) is 30.3. The number of piperidine rings is 1. The van der Waals surface area contributed by atoms with E-state index in [1.165, 1.54) is 11.6 Å². The lowest BCUT2D eigenvalue weighted by Crippen LogP contribution is -2.33. The molecule has 252 valence electrons. The van der Waals surface area contributed by atoms with E-state index in [0.29, 0.717) is 22.9 Å². The molecule has 0 saturated carbocycles. The van der Waals surface area contributed by atoms with E-state index in [0.717, 1.165) is 54.0 Å². The molecule has 2 atom stereocenters. The van der Waals surface area contributed by atoms with Crippen molar-refractivity contribution in [3.05, 3.63) is 123 Å². The van der Waals surface area contributed by atoms with Gasteiger partial charge in [-0.1, -0.05) is 52.3 Å². The standard InChI is InChI=1S/C36H40BrN5O4S2/c1-40(2)21-20-28(25-47-30-8-4-3-5-9-30)38-34-17-16-31(24-35(34)42(44)45)48(46)39-36(43)27-12-14-29(15-13-27)41-22-18-26(19-23-41)32-10-6-7-11-33(32)37/h3-17,24,26,28,38H,18-23,25H2,1-2H3,(H,39,43). The number of benzene rings is 4. The summed E-state index contributed by atoms with van der Waals surface area (Å²) in [6, 6.07) is 30.0. The lowest BCUT2D eigenvalue weighted by molar-refractivity contribution is -0.384. The molecule has 2 N–H and O–H groups in total. The predicted molar refractivity (Wildman–Crippen MR) is 199 cm³/mol. The second-order valence-electron chi connectivity index (χ2n) is 12.0. The largest absolute Gasteiger partial charge is 0.376 e. The van der Waals surface area contributed by atoms with Crippen molar-refractivity contribution >= 4 is 61.6 Å². The smallest absolute Gasteiger partial charge is 0.293 e. The normalized spacial score (nSPS) is 14.8. The Morgan fingerprint density at radius 1 is 1.02 bits per heavy atom. The summed E-state index contributed by atoms with van der Waals surface area (Å²) in [6.07, 6.45) is 2.85. The number of nitro benzene ring substituents is 1. The highest BCUT2D eigenvalue weighted by Crippen LogP contribution is 2.34. The molecular formula is C36H40BrN5O4S2. The van der Waals surface area contributed by atoms with Crippen molar-refractivity contribution in [1.29, 1.82) is 0 Å². The van der Waals surface area contributed by atoms with Crippen molar-refractivity contribution in [3.63, 3.8) is 0 Å². The molecular weight excluding hydrogens is 710 g/mol. The number of nitro groups is 1. The van der Waals surface area contributed by atoms with Crippen LogP contribution in [0, 0.1) is 10.1 Å². The van der Waals surface area contributed by atoms with Crippen molar-refractivity contribution in [2.45, 2.75) is 41.0 Å². The van der Waals surface area contributed by atoms with E-state index in [1.54, 1.807) is 36.0 Å². The van der Waals surface area contributed by atoms with Crippen LogP contribution in [0.15, 0.2) is 111 Å². The fraction of sp³-hybridized carbons (Fsp3) is 0.306. The molecule has 1 amide bonds. The quantitative estimate of drug-likeness (QED) is 0.0767. The number of carbonyl (C=O) groups excluding carboxylic acids is 1. The van der Waals surface area contributed by atoms with Gasteiger partial charge in [-0.3, -0.25) is 19.6 Å². The van der Waals surface area contributed by atoms with E-state index < -0.39 is 21.8 Å². The third-order valence-corrected chi connectivity index (χ3v) is 11.3. The monoisotopic (exact) mass is 749 g/mol. The van der Waals surface area contributed by atoms with Gasteiger partial charge in [0.1, 0.15) is 5.69 Å². The maximum absolute atomic E-state index is 13.2. The summed E-state index contributed by atoms with van der Waals surface area (Å²) in [6.45, 7) is 2.63. The highest BCUT2D eigenvalue weighted by atomic mass is 79.9. The lowest BCUT2D eigenvalue weighted by Gasteiger charge is -2.34. The van der Waals surface area contributed by atoms with Gasteiger partial charge >= 0.3 is 0 Å². The summed E-state index contributed by atoms with van der Waals surface area (Å²) in [7, 11) is 1.99. The van der Waals surface area contributed by atoms with Crippen LogP contribution in [0.4, 0.5) is 17.1 Å². The lowest BCUT2D eigenvalue weighted by atomic mass is 9.89. The Morgan fingerprint density at radius 3 is 2.38 bits per heavy atom. The molecule has 12 heteroatoms. The van der Waals surface area contributed by atoms with Gasteiger partial charge in [-0.05, 0) is 106 Å². The maximum Gasteiger partial charge on any atom is 0.293 e. The molecule has 1 saturated heterocycles. The molecule has 4 aromatic rings. The molecule has 9 nitrogen and oxygen atoms in total. The van der Waals surface area contributed by atoms with Crippen LogP contribution in [-0.4, -0.2) is 65.5 Å². The molecule has 48 heavy (non-hydrogen) atoms. The summed E-state index contributed by atoms with van der Waals surface area (Å²) in [5.41, 5.74) is 2.89. The first-order chi connectivity index (χ1) is 23.2. The highest BCUT2D eigenvalue weighted by Gasteiger charge is 2.24. The van der Waals surface area contributed by atoms with Crippen LogP contribution < -0.4 is 14.9 Å². The molecule has 1 aliphatic rings. The molecule has 5 rings (SSSR count). The summed E-state index contributed by atoms with van der Waals surface area (Å²) in [5, 5.41) is 15.4. The van der Waals surface area contributed by atoms with Crippen LogP contribution in [0.5, 0.6) is 0 Å². The number of amides is 1. The molecule has 1 aliphatic heterocycles. The summed E-state index contributed by atoms with van der Waals surface area (Å²) < 4.78 is 16.8. The van der Waals surface area contributed by atoms with Gasteiger partial charge < -0.3 is 15.1 Å². The number of hydrogen-bond donors (Lipinski definition) is 2. The third-order valence-electron chi connectivity index (χ3n) is 8.38. The van der Waals surface area contributed by atoms with Crippen LogP contribution in [-0.2, 0) is 11.0 Å². The van der Waals surface area contributed by atoms with Gasteiger partial charge in [0.25, 0.3) is 11.6 Å². The second-order valence-corrected chi connectivity index (χ2v) is 15.2. The van der Waals surface area contributed by atoms with Crippen molar-refractivity contribution in [2.24, 2.45) is 0 Å². The zero-order valence-corrected chi connectivity index (χ0v) is 30.2. The van der Waals surface area contributed by atoms with Crippen molar-refractivity contribution in [2.75, 3.05) is 49.7 Å². The van der Waals surface area contributed by atoms with E-state index >= 15 is 0 Å². The fourth-order valence-electron chi connectivity index (χ4n) is 5.73. The topological polar surface area (TPSA) is 108 Å². The average Bonchev–Trinajstić information content (AvgIpc) is 3.10. The highest BCUT2D eigenvalue weighted by molar-refractivity contribution is 9.10. The molecule has 1 heterocycles. The third kappa shape index (κ3) is 9.68. The first-order valence-corrected chi connectivity index (χ1v) is 18.8. The molecule has 0 aliphatic carbocycles. The Labute approximate surface area is 297 Å². The van der Waals surface area contributed by atoms with E-state index in [4.69, 9.17) is 0 Å². The average molecular weight is 751 g/mol. The Morgan fingerprint density at radius 2 is 1.71 bits per heavy atom. The van der Waals surface area contributed by atoms with Gasteiger partial charge in [0.15, 0.2) is 11.0 Å².